The molecule has 0 radical (unpaired) electrons. The van der Waals surface area contributed by atoms with Crippen LogP contribution < -0.4 is 0 Å². The molecule has 4 nitrogen and oxygen atoms in total. The number of fused-ring (bicyclic) bond motifs is 3. The van der Waals surface area contributed by atoms with Crippen LogP contribution in [0.25, 0.3) is 72.8 Å². The Morgan fingerprint density at radius 3 is 1.84 bits per heavy atom. The van der Waals surface area contributed by atoms with Crippen LogP contribution in [0.4, 0.5) is 0 Å². The van der Waals surface area contributed by atoms with Crippen LogP contribution in [-0.4, -0.2) is 15.0 Å². The van der Waals surface area contributed by atoms with Crippen LogP contribution in [0.1, 0.15) is 18.4 Å². The molecule has 7 aromatic rings. The lowest BCUT2D eigenvalue weighted by atomic mass is 9.94. The molecule has 0 saturated heterocycles. The lowest BCUT2D eigenvalue weighted by Gasteiger charge is -2.14. The van der Waals surface area contributed by atoms with Crippen molar-refractivity contribution in [3.8, 4) is 45.3 Å². The Kier molecular flexibility index (Phi) is 6.23. The van der Waals surface area contributed by atoms with E-state index in [1.165, 1.54) is 11.1 Å². The summed E-state index contributed by atoms with van der Waals surface area (Å²) in [5, 5.41) is 2.03. The second kappa shape index (κ2) is 10.7. The standard InChI is InChI=1S/C39H27N3O/c1-4-12-26(13-5-1)27-20-22-30(23-21-27)38-40-37(29-16-8-3-9-17-29)41-39(42-38)36-31(28-14-6-2-7-15-28)24-25-34-35(36)32-18-10-11-19-33(32)43-34/h2-4,6-25H,1,5H2. The van der Waals surface area contributed by atoms with Crippen molar-refractivity contribution < 1.29 is 4.42 Å². The van der Waals surface area contributed by atoms with Crippen molar-refractivity contribution in [3.05, 3.63) is 145 Å². The normalized spacial score (nSPS) is 13.0. The molecular weight excluding hydrogens is 526 g/mol. The number of hydrogen-bond acceptors (Lipinski definition) is 4. The highest BCUT2D eigenvalue weighted by molar-refractivity contribution is 6.15. The largest absolute Gasteiger partial charge is 0.456 e. The molecule has 8 rings (SSSR count). The molecule has 0 amide bonds. The SMILES string of the molecule is C1=CC(c2ccc(-c3nc(-c4ccccc4)nc(-c4c(-c5ccccc5)ccc5oc6ccccc6c45)n3)cc2)=CCC1. The van der Waals surface area contributed by atoms with Crippen molar-refractivity contribution in [3.63, 3.8) is 0 Å². The minimum Gasteiger partial charge on any atom is -0.456 e. The van der Waals surface area contributed by atoms with Gasteiger partial charge in [0.25, 0.3) is 0 Å². The predicted octanol–water partition coefficient (Wildman–Crippen LogP) is 10.2. The van der Waals surface area contributed by atoms with Crippen LogP contribution in [0.15, 0.2) is 144 Å². The smallest absolute Gasteiger partial charge is 0.165 e. The van der Waals surface area contributed by atoms with Crippen LogP contribution in [0.2, 0.25) is 0 Å². The number of para-hydroxylation sites is 1. The molecule has 2 heterocycles. The summed E-state index contributed by atoms with van der Waals surface area (Å²) in [7, 11) is 0. The van der Waals surface area contributed by atoms with E-state index in [0.717, 1.165) is 62.6 Å². The lowest BCUT2D eigenvalue weighted by molar-refractivity contribution is 0.669. The molecule has 1 aliphatic rings. The van der Waals surface area contributed by atoms with E-state index in [9.17, 15) is 0 Å². The number of furan rings is 1. The third kappa shape index (κ3) is 4.63. The molecule has 0 aliphatic heterocycles. The Labute approximate surface area is 249 Å². The van der Waals surface area contributed by atoms with Gasteiger partial charge in [-0.2, -0.15) is 0 Å². The van der Waals surface area contributed by atoms with Crippen LogP contribution in [0.3, 0.4) is 0 Å². The molecule has 2 aromatic heterocycles. The molecule has 0 saturated carbocycles. The van der Waals surface area contributed by atoms with Crippen LogP contribution in [0, 0.1) is 0 Å². The topological polar surface area (TPSA) is 51.8 Å². The Balaban J connectivity index is 1.39. The first kappa shape index (κ1) is 25.1. The van der Waals surface area contributed by atoms with Crippen molar-refractivity contribution in [2.75, 3.05) is 0 Å². The van der Waals surface area contributed by atoms with E-state index in [0.29, 0.717) is 17.5 Å². The average molecular weight is 554 g/mol. The van der Waals surface area contributed by atoms with E-state index in [2.05, 4.69) is 85.0 Å². The van der Waals surface area contributed by atoms with E-state index in [1.807, 2.05) is 54.6 Å². The molecule has 1 aliphatic carbocycles. The molecule has 0 spiro atoms. The van der Waals surface area contributed by atoms with Crippen LogP contribution in [0.5, 0.6) is 0 Å². The zero-order valence-electron chi connectivity index (χ0n) is 23.4. The summed E-state index contributed by atoms with van der Waals surface area (Å²) in [6, 6.07) is 41.4. The molecule has 0 bridgehead atoms. The van der Waals surface area contributed by atoms with Gasteiger partial charge in [0.05, 0.1) is 0 Å². The quantitative estimate of drug-likeness (QED) is 0.213. The maximum absolute atomic E-state index is 6.32. The van der Waals surface area contributed by atoms with Gasteiger partial charge in [-0.1, -0.05) is 121 Å². The second-order valence-corrected chi connectivity index (χ2v) is 10.7. The lowest BCUT2D eigenvalue weighted by Crippen LogP contribution is -2.01. The Hall–Kier alpha value is -5.61. The van der Waals surface area contributed by atoms with Crippen molar-refractivity contribution in [2.45, 2.75) is 12.8 Å². The summed E-state index contributed by atoms with van der Waals surface area (Å²) in [5.41, 5.74) is 9.03. The summed E-state index contributed by atoms with van der Waals surface area (Å²) in [4.78, 5) is 15.3. The van der Waals surface area contributed by atoms with Gasteiger partial charge in [-0.3, -0.25) is 0 Å². The number of hydrogen-bond donors (Lipinski definition) is 0. The maximum Gasteiger partial charge on any atom is 0.165 e. The van der Waals surface area contributed by atoms with Crippen molar-refractivity contribution in [1.29, 1.82) is 0 Å². The number of aromatic nitrogens is 3. The molecule has 0 unspecified atom stereocenters. The third-order valence-corrected chi connectivity index (χ3v) is 7.99. The van der Waals surface area contributed by atoms with Gasteiger partial charge in [0, 0.05) is 27.5 Å². The summed E-state index contributed by atoms with van der Waals surface area (Å²) in [5.74, 6) is 1.88. The summed E-state index contributed by atoms with van der Waals surface area (Å²) >= 11 is 0. The number of benzene rings is 5. The van der Waals surface area contributed by atoms with E-state index in [4.69, 9.17) is 19.4 Å². The monoisotopic (exact) mass is 553 g/mol. The maximum atomic E-state index is 6.32. The Bertz CT molecular complexity index is 2160. The van der Waals surface area contributed by atoms with Gasteiger partial charge in [0.1, 0.15) is 11.2 Å². The fraction of sp³-hybridized carbons (Fsp3) is 0.0513. The number of rotatable bonds is 5. The predicted molar refractivity (Wildman–Crippen MR) is 175 cm³/mol. The first-order valence-corrected chi connectivity index (χ1v) is 14.6. The van der Waals surface area contributed by atoms with Gasteiger partial charge in [-0.05, 0) is 53.3 Å². The van der Waals surface area contributed by atoms with E-state index < -0.39 is 0 Å². The number of allylic oxidation sites excluding steroid dienone is 4. The molecule has 204 valence electrons. The highest BCUT2D eigenvalue weighted by atomic mass is 16.3. The third-order valence-electron chi connectivity index (χ3n) is 7.99. The van der Waals surface area contributed by atoms with Gasteiger partial charge in [-0.25, -0.2) is 15.0 Å². The van der Waals surface area contributed by atoms with Gasteiger partial charge in [-0.15, -0.1) is 0 Å². The van der Waals surface area contributed by atoms with E-state index >= 15 is 0 Å². The Morgan fingerprint density at radius 2 is 1.12 bits per heavy atom. The fourth-order valence-corrected chi connectivity index (χ4v) is 5.88. The van der Waals surface area contributed by atoms with E-state index in [-0.39, 0.29) is 0 Å². The van der Waals surface area contributed by atoms with Crippen molar-refractivity contribution in [2.24, 2.45) is 0 Å². The molecule has 0 N–H and O–H groups in total. The minimum atomic E-state index is 0.613. The fourth-order valence-electron chi connectivity index (χ4n) is 5.88. The Morgan fingerprint density at radius 1 is 0.488 bits per heavy atom. The first-order chi connectivity index (χ1) is 21.3. The van der Waals surface area contributed by atoms with E-state index in [1.54, 1.807) is 0 Å². The molecular formula is C39H27N3O. The van der Waals surface area contributed by atoms with Crippen LogP contribution in [-0.2, 0) is 0 Å². The minimum absolute atomic E-state index is 0.613. The molecule has 43 heavy (non-hydrogen) atoms. The molecule has 4 heteroatoms. The summed E-state index contributed by atoms with van der Waals surface area (Å²) < 4.78 is 6.32. The van der Waals surface area contributed by atoms with Gasteiger partial charge in [0.15, 0.2) is 17.5 Å². The van der Waals surface area contributed by atoms with Gasteiger partial charge in [0.2, 0.25) is 0 Å². The van der Waals surface area contributed by atoms with Crippen molar-refractivity contribution >= 4 is 27.5 Å². The molecule has 0 atom stereocenters. The average Bonchev–Trinajstić information content (AvgIpc) is 3.48. The van der Waals surface area contributed by atoms with Crippen LogP contribution >= 0.6 is 0 Å². The summed E-state index contributed by atoms with van der Waals surface area (Å²) in [6.07, 6.45) is 8.90. The molecule has 0 fully saturated rings. The first-order valence-electron chi connectivity index (χ1n) is 14.6. The highest BCUT2D eigenvalue weighted by Crippen LogP contribution is 2.42. The summed E-state index contributed by atoms with van der Waals surface area (Å²) in [6.45, 7) is 0. The zero-order chi connectivity index (χ0) is 28.6. The van der Waals surface area contributed by atoms with Crippen molar-refractivity contribution in [1.82, 2.24) is 15.0 Å². The second-order valence-electron chi connectivity index (χ2n) is 10.7. The number of nitrogens with zero attached hydrogens (tertiary/aromatic N) is 3. The van der Waals surface area contributed by atoms with Gasteiger partial charge < -0.3 is 4.42 Å². The highest BCUT2D eigenvalue weighted by Gasteiger charge is 2.22. The zero-order valence-corrected chi connectivity index (χ0v) is 23.4. The molecule has 5 aromatic carbocycles. The van der Waals surface area contributed by atoms with Gasteiger partial charge >= 0.3 is 0 Å².